The highest BCUT2D eigenvalue weighted by Crippen LogP contribution is 2.36. The number of ether oxygens (including phenoxy) is 2. The predicted molar refractivity (Wildman–Crippen MR) is 128 cm³/mol. The number of carbonyl (C=O) groups excluding carboxylic acids is 2. The molecule has 0 radical (unpaired) electrons. The first kappa shape index (κ1) is 21.1. The van der Waals surface area contributed by atoms with Gasteiger partial charge in [0.25, 0.3) is 5.91 Å². The van der Waals surface area contributed by atoms with Crippen molar-refractivity contribution in [3.63, 3.8) is 0 Å². The summed E-state index contributed by atoms with van der Waals surface area (Å²) < 4.78 is 16.3. The largest absolute Gasteiger partial charge is 0.495 e. The molecule has 0 fully saturated rings. The highest BCUT2D eigenvalue weighted by atomic mass is 16.5. The van der Waals surface area contributed by atoms with Gasteiger partial charge in [-0.25, -0.2) is 9.78 Å². The van der Waals surface area contributed by atoms with Crippen LogP contribution in [-0.4, -0.2) is 35.6 Å². The molecule has 34 heavy (non-hydrogen) atoms. The van der Waals surface area contributed by atoms with Crippen molar-refractivity contribution >= 4 is 56.6 Å². The molecule has 2 aromatic heterocycles. The third-order valence-corrected chi connectivity index (χ3v) is 5.18. The van der Waals surface area contributed by atoms with Crippen LogP contribution in [0.4, 0.5) is 5.69 Å². The Bertz CT molecular complexity index is 1570. The molecule has 0 aliphatic heterocycles. The van der Waals surface area contributed by atoms with Crippen molar-refractivity contribution in [3.8, 4) is 5.75 Å². The molecule has 8 nitrogen and oxygen atoms in total. The monoisotopic (exact) mass is 453 g/mol. The van der Waals surface area contributed by atoms with E-state index in [9.17, 15) is 9.59 Å². The standard InChI is InChI=1S/C26H19N3O5/c1-32-24-12-18-17-6-2-5-9-22(17)34-23(18)13-21(24)29-25(30)15-33-26(31)11-10-16-14-27-19-7-3-4-8-20(19)28-16/h2-14H,15H2,1H3,(H,29,30)/b11-10+. The maximum absolute atomic E-state index is 12.4. The quantitative estimate of drug-likeness (QED) is 0.293. The molecule has 1 amide bonds. The minimum atomic E-state index is -0.676. The van der Waals surface area contributed by atoms with Gasteiger partial charge in [-0.05, 0) is 30.3 Å². The molecule has 0 aliphatic carbocycles. The van der Waals surface area contributed by atoms with Crippen molar-refractivity contribution in [2.75, 3.05) is 19.0 Å². The Labute approximate surface area is 193 Å². The highest BCUT2D eigenvalue weighted by Gasteiger charge is 2.15. The smallest absolute Gasteiger partial charge is 0.331 e. The van der Waals surface area contributed by atoms with Crippen LogP contribution in [0.5, 0.6) is 5.75 Å². The number of para-hydroxylation sites is 3. The number of amides is 1. The van der Waals surface area contributed by atoms with Gasteiger partial charge in [-0.2, -0.15) is 0 Å². The number of hydrogen-bond donors (Lipinski definition) is 1. The van der Waals surface area contributed by atoms with Gasteiger partial charge in [-0.15, -0.1) is 0 Å². The topological polar surface area (TPSA) is 104 Å². The van der Waals surface area contributed by atoms with Gasteiger partial charge in [0, 0.05) is 22.9 Å². The number of carbonyl (C=O) groups is 2. The molecule has 0 bridgehead atoms. The minimum Gasteiger partial charge on any atom is -0.495 e. The van der Waals surface area contributed by atoms with Gasteiger partial charge in [0.05, 0.1) is 35.7 Å². The Kier molecular flexibility index (Phi) is 5.61. The van der Waals surface area contributed by atoms with Gasteiger partial charge >= 0.3 is 5.97 Å². The van der Waals surface area contributed by atoms with E-state index in [-0.39, 0.29) is 0 Å². The van der Waals surface area contributed by atoms with E-state index in [0.717, 1.165) is 21.9 Å². The molecular weight excluding hydrogens is 434 g/mol. The van der Waals surface area contributed by atoms with Crippen LogP contribution in [-0.2, 0) is 14.3 Å². The number of furan rings is 1. The van der Waals surface area contributed by atoms with Gasteiger partial charge in [0.15, 0.2) is 6.61 Å². The molecule has 2 heterocycles. The lowest BCUT2D eigenvalue weighted by Crippen LogP contribution is -2.20. The van der Waals surface area contributed by atoms with Crippen LogP contribution < -0.4 is 10.1 Å². The number of fused-ring (bicyclic) bond motifs is 4. The molecule has 0 spiro atoms. The lowest BCUT2D eigenvalue weighted by Gasteiger charge is -2.10. The number of nitrogens with one attached hydrogen (secondary N) is 1. The van der Waals surface area contributed by atoms with Crippen molar-refractivity contribution in [1.29, 1.82) is 0 Å². The molecule has 5 rings (SSSR count). The van der Waals surface area contributed by atoms with Crippen molar-refractivity contribution in [3.05, 3.63) is 78.6 Å². The van der Waals surface area contributed by atoms with E-state index < -0.39 is 18.5 Å². The number of methoxy groups -OCH3 is 1. The van der Waals surface area contributed by atoms with Gasteiger partial charge in [-0.3, -0.25) is 9.78 Å². The number of anilines is 1. The first-order valence-corrected chi connectivity index (χ1v) is 10.5. The summed E-state index contributed by atoms with van der Waals surface area (Å²) >= 11 is 0. The lowest BCUT2D eigenvalue weighted by molar-refractivity contribution is -0.142. The Balaban J connectivity index is 1.24. The van der Waals surface area contributed by atoms with Crippen molar-refractivity contribution < 1.29 is 23.5 Å². The fraction of sp³-hybridized carbons (Fsp3) is 0.0769. The normalized spacial score (nSPS) is 11.3. The van der Waals surface area contributed by atoms with Gasteiger partial charge in [0.2, 0.25) is 0 Å². The zero-order valence-electron chi connectivity index (χ0n) is 18.1. The molecule has 0 saturated heterocycles. The molecule has 3 aromatic carbocycles. The van der Waals surface area contributed by atoms with E-state index >= 15 is 0 Å². The molecular formula is C26H19N3O5. The first-order chi connectivity index (χ1) is 16.6. The van der Waals surface area contributed by atoms with Crippen LogP contribution in [0, 0.1) is 0 Å². The molecule has 1 N–H and O–H groups in total. The molecule has 0 unspecified atom stereocenters. The second-order valence-electron chi connectivity index (χ2n) is 7.42. The van der Waals surface area contributed by atoms with E-state index in [2.05, 4.69) is 15.3 Å². The fourth-order valence-electron chi connectivity index (χ4n) is 3.59. The van der Waals surface area contributed by atoms with Gasteiger partial charge < -0.3 is 19.2 Å². The average molecular weight is 453 g/mol. The maximum Gasteiger partial charge on any atom is 0.331 e. The lowest BCUT2D eigenvalue weighted by atomic mass is 10.1. The number of nitrogens with zero attached hydrogens (tertiary/aromatic N) is 2. The van der Waals surface area contributed by atoms with Crippen LogP contribution >= 0.6 is 0 Å². The second-order valence-corrected chi connectivity index (χ2v) is 7.42. The van der Waals surface area contributed by atoms with Crippen LogP contribution in [0.25, 0.3) is 39.0 Å². The SMILES string of the molecule is COc1cc2c(cc1NC(=O)COC(=O)/C=C/c1cnc3ccccc3n1)oc1ccccc12. The van der Waals surface area contributed by atoms with Crippen LogP contribution in [0.3, 0.4) is 0 Å². The van der Waals surface area contributed by atoms with Crippen LogP contribution in [0.2, 0.25) is 0 Å². The first-order valence-electron chi connectivity index (χ1n) is 10.5. The summed E-state index contributed by atoms with van der Waals surface area (Å²) in [7, 11) is 1.51. The van der Waals surface area contributed by atoms with Crippen LogP contribution in [0.15, 0.2) is 77.4 Å². The third-order valence-electron chi connectivity index (χ3n) is 5.18. The number of rotatable bonds is 6. The second kappa shape index (κ2) is 9.03. The molecule has 168 valence electrons. The van der Waals surface area contributed by atoms with Crippen molar-refractivity contribution in [1.82, 2.24) is 9.97 Å². The number of benzene rings is 3. The Morgan fingerprint density at radius 1 is 1.00 bits per heavy atom. The third kappa shape index (κ3) is 4.29. The summed E-state index contributed by atoms with van der Waals surface area (Å²) in [5.41, 5.74) is 3.73. The number of hydrogen-bond acceptors (Lipinski definition) is 7. The number of esters is 1. The zero-order chi connectivity index (χ0) is 23.5. The van der Waals surface area contributed by atoms with Crippen molar-refractivity contribution in [2.45, 2.75) is 0 Å². The van der Waals surface area contributed by atoms with E-state index in [1.165, 1.54) is 19.3 Å². The minimum absolute atomic E-state index is 0.414. The van der Waals surface area contributed by atoms with E-state index in [4.69, 9.17) is 13.9 Å². The van der Waals surface area contributed by atoms with Gasteiger partial charge in [-0.1, -0.05) is 30.3 Å². The van der Waals surface area contributed by atoms with E-state index in [1.54, 1.807) is 18.3 Å². The van der Waals surface area contributed by atoms with E-state index in [1.807, 2.05) is 48.5 Å². The highest BCUT2D eigenvalue weighted by molar-refractivity contribution is 6.08. The molecule has 0 atom stereocenters. The fourth-order valence-corrected chi connectivity index (χ4v) is 3.59. The zero-order valence-corrected chi connectivity index (χ0v) is 18.1. The van der Waals surface area contributed by atoms with E-state index in [0.29, 0.717) is 28.2 Å². The summed E-state index contributed by atoms with van der Waals surface area (Å²) in [5, 5.41) is 4.52. The van der Waals surface area contributed by atoms with Crippen molar-refractivity contribution in [2.24, 2.45) is 0 Å². The van der Waals surface area contributed by atoms with Gasteiger partial charge in [0.1, 0.15) is 16.9 Å². The Hall–Kier alpha value is -4.72. The Morgan fingerprint density at radius 3 is 2.65 bits per heavy atom. The summed E-state index contributed by atoms with van der Waals surface area (Å²) in [6, 6.07) is 18.5. The summed E-state index contributed by atoms with van der Waals surface area (Å²) in [6.45, 7) is -0.464. The molecule has 0 aliphatic rings. The van der Waals surface area contributed by atoms with Crippen LogP contribution in [0.1, 0.15) is 5.69 Å². The summed E-state index contributed by atoms with van der Waals surface area (Å²) in [6.07, 6.45) is 4.24. The maximum atomic E-state index is 12.4. The molecule has 0 saturated carbocycles. The Morgan fingerprint density at radius 2 is 1.79 bits per heavy atom. The average Bonchev–Trinajstić information content (AvgIpc) is 3.23. The predicted octanol–water partition coefficient (Wildman–Crippen LogP) is 4.73. The summed E-state index contributed by atoms with van der Waals surface area (Å²) in [5.74, 6) is -0.723. The molecule has 5 aromatic rings. The summed E-state index contributed by atoms with van der Waals surface area (Å²) in [4.78, 5) is 33.1. The molecule has 8 heteroatoms. The number of aromatic nitrogens is 2.